The molecule has 8 heteroatoms. The number of thiophene rings is 1. The predicted molar refractivity (Wildman–Crippen MR) is 86.8 cm³/mol. The number of hydrogen-bond acceptors (Lipinski definition) is 4. The number of rotatable bonds is 5. The molecule has 0 atom stereocenters. The lowest BCUT2D eigenvalue weighted by Crippen LogP contribution is -2.42. The number of carbonyl (C=O) groups is 1. The second kappa shape index (κ2) is 7.21. The van der Waals surface area contributed by atoms with E-state index in [9.17, 15) is 13.2 Å². The van der Waals surface area contributed by atoms with Crippen molar-refractivity contribution in [2.75, 3.05) is 19.6 Å². The molecule has 0 aromatic carbocycles. The molecule has 1 aliphatic heterocycles. The molecular formula is C13H19BrN2O3S2. The van der Waals surface area contributed by atoms with E-state index in [2.05, 4.69) is 21.2 Å². The highest BCUT2D eigenvalue weighted by Gasteiger charge is 2.32. The Morgan fingerprint density at radius 3 is 2.62 bits per heavy atom. The number of sulfonamides is 1. The van der Waals surface area contributed by atoms with Gasteiger partial charge in [0.1, 0.15) is 4.21 Å². The van der Waals surface area contributed by atoms with E-state index in [0.29, 0.717) is 36.7 Å². The first-order valence-corrected chi connectivity index (χ1v) is 10.0. The van der Waals surface area contributed by atoms with Crippen molar-refractivity contribution in [1.82, 2.24) is 9.62 Å². The third kappa shape index (κ3) is 4.06. The minimum atomic E-state index is -3.42. The summed E-state index contributed by atoms with van der Waals surface area (Å²) in [4.78, 5) is 11.9. The molecule has 0 radical (unpaired) electrons. The number of carbonyl (C=O) groups excluding carboxylic acids is 1. The molecule has 5 nitrogen and oxygen atoms in total. The van der Waals surface area contributed by atoms with Gasteiger partial charge in [0.05, 0.1) is 3.79 Å². The average molecular weight is 395 g/mol. The van der Waals surface area contributed by atoms with Crippen molar-refractivity contribution in [3.05, 3.63) is 15.9 Å². The third-order valence-corrected chi connectivity index (χ3v) is 7.51. The summed E-state index contributed by atoms with van der Waals surface area (Å²) < 4.78 is 27.6. The Bertz CT molecular complexity index is 592. The summed E-state index contributed by atoms with van der Waals surface area (Å²) in [5.74, 6) is -0.0224. The number of halogens is 1. The SMILES string of the molecule is CCCNC(=O)C1CCN(S(=O)(=O)c2ccc(Br)s2)CC1. The second-order valence-corrected chi connectivity index (χ2v) is 9.66. The van der Waals surface area contributed by atoms with Crippen LogP contribution in [0.1, 0.15) is 26.2 Å². The Balaban J connectivity index is 1.96. The van der Waals surface area contributed by atoms with Crippen LogP contribution in [0.2, 0.25) is 0 Å². The largest absolute Gasteiger partial charge is 0.356 e. The molecule has 2 rings (SSSR count). The van der Waals surface area contributed by atoms with E-state index in [4.69, 9.17) is 0 Å². The fraction of sp³-hybridized carbons (Fsp3) is 0.615. The molecule has 118 valence electrons. The van der Waals surface area contributed by atoms with E-state index in [-0.39, 0.29) is 11.8 Å². The maximum absolute atomic E-state index is 12.5. The van der Waals surface area contributed by atoms with Crippen molar-refractivity contribution in [1.29, 1.82) is 0 Å². The number of amides is 1. The zero-order valence-corrected chi connectivity index (χ0v) is 15.1. The highest BCUT2D eigenvalue weighted by molar-refractivity contribution is 9.11. The van der Waals surface area contributed by atoms with Crippen LogP contribution in [-0.2, 0) is 14.8 Å². The molecule has 1 N–H and O–H groups in total. The van der Waals surface area contributed by atoms with Crippen LogP contribution in [0.3, 0.4) is 0 Å². The number of piperidine rings is 1. The van der Waals surface area contributed by atoms with Gasteiger partial charge in [0.25, 0.3) is 10.0 Å². The van der Waals surface area contributed by atoms with E-state index < -0.39 is 10.0 Å². The Morgan fingerprint density at radius 1 is 1.43 bits per heavy atom. The van der Waals surface area contributed by atoms with Crippen LogP contribution in [0.25, 0.3) is 0 Å². The van der Waals surface area contributed by atoms with Crippen molar-refractivity contribution < 1.29 is 13.2 Å². The number of nitrogens with zero attached hydrogens (tertiary/aromatic N) is 1. The van der Waals surface area contributed by atoms with E-state index in [1.807, 2.05) is 6.92 Å². The second-order valence-electron chi connectivity index (χ2n) is 5.03. The standard InChI is InChI=1S/C13H19BrN2O3S2/c1-2-7-15-13(17)10-5-8-16(9-6-10)21(18,19)12-4-3-11(14)20-12/h3-4,10H,2,5-9H2,1H3,(H,15,17). The highest BCUT2D eigenvalue weighted by Crippen LogP contribution is 2.30. The van der Waals surface area contributed by atoms with Gasteiger partial charge < -0.3 is 5.32 Å². The highest BCUT2D eigenvalue weighted by atomic mass is 79.9. The van der Waals surface area contributed by atoms with Gasteiger partial charge in [-0.3, -0.25) is 4.79 Å². The Morgan fingerprint density at radius 2 is 2.10 bits per heavy atom. The lowest BCUT2D eigenvalue weighted by atomic mass is 9.97. The van der Waals surface area contributed by atoms with Crippen molar-refractivity contribution in [2.45, 2.75) is 30.4 Å². The molecule has 1 aliphatic rings. The monoisotopic (exact) mass is 394 g/mol. The van der Waals surface area contributed by atoms with Crippen LogP contribution in [0, 0.1) is 5.92 Å². The summed E-state index contributed by atoms with van der Waals surface area (Å²) in [6.07, 6.45) is 2.08. The van der Waals surface area contributed by atoms with Gasteiger partial charge in [-0.2, -0.15) is 4.31 Å². The molecule has 0 saturated carbocycles. The number of nitrogens with one attached hydrogen (secondary N) is 1. The average Bonchev–Trinajstić information content (AvgIpc) is 2.92. The summed E-state index contributed by atoms with van der Waals surface area (Å²) >= 11 is 4.50. The maximum atomic E-state index is 12.5. The van der Waals surface area contributed by atoms with Gasteiger partial charge in [-0.25, -0.2) is 8.42 Å². The molecule has 0 spiro atoms. The molecule has 1 fully saturated rings. The summed E-state index contributed by atoms with van der Waals surface area (Å²) in [6, 6.07) is 3.35. The summed E-state index contributed by atoms with van der Waals surface area (Å²) in [7, 11) is -3.42. The van der Waals surface area contributed by atoms with Crippen molar-refractivity contribution in [2.24, 2.45) is 5.92 Å². The van der Waals surface area contributed by atoms with Gasteiger partial charge in [-0.1, -0.05) is 6.92 Å². The zero-order chi connectivity index (χ0) is 15.5. The minimum Gasteiger partial charge on any atom is -0.356 e. The van der Waals surface area contributed by atoms with Crippen LogP contribution < -0.4 is 5.32 Å². The first-order valence-electron chi connectivity index (χ1n) is 6.98. The smallest absolute Gasteiger partial charge is 0.252 e. The van der Waals surface area contributed by atoms with E-state index in [1.165, 1.54) is 15.6 Å². The van der Waals surface area contributed by atoms with Crippen LogP contribution in [0.5, 0.6) is 0 Å². The van der Waals surface area contributed by atoms with Crippen LogP contribution >= 0.6 is 27.3 Å². The lowest BCUT2D eigenvalue weighted by molar-refractivity contribution is -0.126. The Hall–Kier alpha value is -0.440. The molecule has 1 saturated heterocycles. The topological polar surface area (TPSA) is 66.5 Å². The van der Waals surface area contributed by atoms with E-state index in [1.54, 1.807) is 12.1 Å². The predicted octanol–water partition coefficient (Wildman–Crippen LogP) is 2.44. The normalized spacial score (nSPS) is 17.8. The van der Waals surface area contributed by atoms with Crippen molar-refractivity contribution in [3.8, 4) is 0 Å². The molecule has 21 heavy (non-hydrogen) atoms. The van der Waals surface area contributed by atoms with E-state index >= 15 is 0 Å². The molecule has 1 aromatic heterocycles. The quantitative estimate of drug-likeness (QED) is 0.833. The fourth-order valence-corrected chi connectivity index (χ4v) is 5.95. The van der Waals surface area contributed by atoms with Crippen LogP contribution in [-0.4, -0.2) is 38.3 Å². The van der Waals surface area contributed by atoms with E-state index in [0.717, 1.165) is 10.2 Å². The first kappa shape index (κ1) is 16.9. The summed E-state index contributed by atoms with van der Waals surface area (Å²) in [5, 5.41) is 2.88. The molecular weight excluding hydrogens is 376 g/mol. The first-order chi connectivity index (χ1) is 9.95. The van der Waals surface area contributed by atoms with Crippen molar-refractivity contribution in [3.63, 3.8) is 0 Å². The molecule has 1 aromatic rings. The summed E-state index contributed by atoms with van der Waals surface area (Å²) in [5.41, 5.74) is 0. The van der Waals surface area contributed by atoms with Gasteiger partial charge in [0, 0.05) is 25.6 Å². The number of hydrogen-bond donors (Lipinski definition) is 1. The zero-order valence-electron chi connectivity index (χ0n) is 11.8. The van der Waals surface area contributed by atoms with Crippen LogP contribution in [0.4, 0.5) is 0 Å². The molecule has 1 amide bonds. The van der Waals surface area contributed by atoms with Gasteiger partial charge >= 0.3 is 0 Å². The summed E-state index contributed by atoms with van der Waals surface area (Å²) in [6.45, 7) is 3.50. The molecule has 0 aliphatic carbocycles. The molecule has 0 unspecified atom stereocenters. The van der Waals surface area contributed by atoms with Gasteiger partial charge in [0.15, 0.2) is 0 Å². The minimum absolute atomic E-state index is 0.0489. The van der Waals surface area contributed by atoms with Gasteiger partial charge in [-0.05, 0) is 47.3 Å². The molecule has 0 bridgehead atoms. The maximum Gasteiger partial charge on any atom is 0.252 e. The van der Waals surface area contributed by atoms with Gasteiger partial charge in [0.2, 0.25) is 5.91 Å². The lowest BCUT2D eigenvalue weighted by Gasteiger charge is -2.30. The Kier molecular flexibility index (Phi) is 5.81. The third-order valence-electron chi connectivity index (χ3n) is 3.52. The van der Waals surface area contributed by atoms with Gasteiger partial charge in [-0.15, -0.1) is 11.3 Å². The van der Waals surface area contributed by atoms with Crippen molar-refractivity contribution >= 4 is 43.2 Å². The fourth-order valence-electron chi connectivity index (χ4n) is 2.31. The Labute approximate surface area is 137 Å². The van der Waals surface area contributed by atoms with Crippen LogP contribution in [0.15, 0.2) is 20.1 Å². The molecule has 2 heterocycles.